The standard InChI is InChI=1S/C19H14N2O2/c22-19(16-4-2-1-3-5-16)23-18-10-7-15(8-11-18)6-9-17-14-20-12-13-21-17/h1-14H. The summed E-state index contributed by atoms with van der Waals surface area (Å²) in [4.78, 5) is 20.1. The molecule has 0 saturated carbocycles. The fourth-order valence-corrected chi connectivity index (χ4v) is 1.97. The van der Waals surface area contributed by atoms with Crippen molar-refractivity contribution in [2.75, 3.05) is 0 Å². The molecule has 4 nitrogen and oxygen atoms in total. The molecule has 3 rings (SSSR count). The first kappa shape index (κ1) is 14.7. The lowest BCUT2D eigenvalue weighted by Gasteiger charge is -2.04. The maximum Gasteiger partial charge on any atom is 0.343 e. The van der Waals surface area contributed by atoms with Gasteiger partial charge in [-0.3, -0.25) is 9.97 Å². The van der Waals surface area contributed by atoms with Crippen molar-refractivity contribution in [3.05, 3.63) is 90.0 Å². The summed E-state index contributed by atoms with van der Waals surface area (Å²) < 4.78 is 5.33. The monoisotopic (exact) mass is 302 g/mol. The molecule has 0 spiro atoms. The number of ether oxygens (including phenoxy) is 1. The normalized spacial score (nSPS) is 10.6. The summed E-state index contributed by atoms with van der Waals surface area (Å²) in [7, 11) is 0. The molecule has 112 valence electrons. The summed E-state index contributed by atoms with van der Waals surface area (Å²) >= 11 is 0. The van der Waals surface area contributed by atoms with Crippen molar-refractivity contribution in [1.82, 2.24) is 9.97 Å². The predicted octanol–water partition coefficient (Wildman–Crippen LogP) is 3.87. The zero-order chi connectivity index (χ0) is 15.9. The molecule has 0 radical (unpaired) electrons. The highest BCUT2D eigenvalue weighted by Gasteiger charge is 2.07. The smallest absolute Gasteiger partial charge is 0.343 e. The number of hydrogen-bond donors (Lipinski definition) is 0. The highest BCUT2D eigenvalue weighted by Crippen LogP contribution is 2.15. The Morgan fingerprint density at radius 1 is 0.913 bits per heavy atom. The largest absolute Gasteiger partial charge is 0.423 e. The third-order valence-electron chi connectivity index (χ3n) is 3.13. The number of aromatic nitrogens is 2. The second kappa shape index (κ2) is 7.13. The molecular weight excluding hydrogens is 288 g/mol. The first-order chi connectivity index (χ1) is 11.3. The average molecular weight is 302 g/mol. The predicted molar refractivity (Wildman–Crippen MR) is 88.8 cm³/mol. The first-order valence-corrected chi connectivity index (χ1v) is 7.13. The van der Waals surface area contributed by atoms with Gasteiger partial charge in [-0.05, 0) is 35.9 Å². The molecule has 0 unspecified atom stereocenters. The minimum atomic E-state index is -0.367. The molecule has 1 heterocycles. The summed E-state index contributed by atoms with van der Waals surface area (Å²) in [6.45, 7) is 0. The highest BCUT2D eigenvalue weighted by molar-refractivity contribution is 5.91. The first-order valence-electron chi connectivity index (χ1n) is 7.13. The molecule has 0 fully saturated rings. The second-order valence-corrected chi connectivity index (χ2v) is 4.79. The number of nitrogens with zero attached hydrogens (tertiary/aromatic N) is 2. The summed E-state index contributed by atoms with van der Waals surface area (Å²) in [5.41, 5.74) is 2.29. The van der Waals surface area contributed by atoms with E-state index >= 15 is 0 Å². The number of carbonyl (C=O) groups is 1. The van der Waals surface area contributed by atoms with E-state index in [4.69, 9.17) is 4.74 Å². The summed E-state index contributed by atoms with van der Waals surface area (Å²) in [5.74, 6) is 0.143. The fourth-order valence-electron chi connectivity index (χ4n) is 1.97. The van der Waals surface area contributed by atoms with Crippen LogP contribution in [0.5, 0.6) is 5.75 Å². The van der Waals surface area contributed by atoms with Gasteiger partial charge >= 0.3 is 5.97 Å². The Hall–Kier alpha value is -3.27. The van der Waals surface area contributed by atoms with E-state index < -0.39 is 0 Å². The van der Waals surface area contributed by atoms with Crippen LogP contribution in [0.3, 0.4) is 0 Å². The molecule has 0 atom stereocenters. The van der Waals surface area contributed by atoms with Gasteiger partial charge in [-0.2, -0.15) is 0 Å². The molecule has 0 aliphatic rings. The Morgan fingerprint density at radius 2 is 1.70 bits per heavy atom. The molecule has 0 aliphatic heterocycles. The zero-order valence-corrected chi connectivity index (χ0v) is 12.3. The SMILES string of the molecule is O=C(Oc1ccc(C=Cc2cnccn2)cc1)c1ccccc1. The maximum atomic E-state index is 12.0. The summed E-state index contributed by atoms with van der Waals surface area (Å²) in [5, 5.41) is 0. The molecule has 0 saturated heterocycles. The quantitative estimate of drug-likeness (QED) is 0.542. The van der Waals surface area contributed by atoms with Gasteiger partial charge in [-0.25, -0.2) is 4.79 Å². The van der Waals surface area contributed by atoms with Gasteiger partial charge in [0.2, 0.25) is 0 Å². The van der Waals surface area contributed by atoms with Crippen LogP contribution in [-0.4, -0.2) is 15.9 Å². The van der Waals surface area contributed by atoms with Crippen LogP contribution < -0.4 is 4.74 Å². The third-order valence-corrected chi connectivity index (χ3v) is 3.13. The van der Waals surface area contributed by atoms with E-state index in [1.54, 1.807) is 55.0 Å². The Kier molecular flexibility index (Phi) is 4.55. The van der Waals surface area contributed by atoms with Gasteiger partial charge in [0.05, 0.1) is 17.5 Å². The molecule has 0 N–H and O–H groups in total. The summed E-state index contributed by atoms with van der Waals surface area (Å²) in [6.07, 6.45) is 8.76. The molecule has 3 aromatic rings. The minimum absolute atomic E-state index is 0.367. The van der Waals surface area contributed by atoms with Crippen molar-refractivity contribution < 1.29 is 9.53 Å². The van der Waals surface area contributed by atoms with Gasteiger partial charge in [0.15, 0.2) is 0 Å². The molecule has 4 heteroatoms. The molecular formula is C19H14N2O2. The van der Waals surface area contributed by atoms with E-state index in [-0.39, 0.29) is 5.97 Å². The van der Waals surface area contributed by atoms with Gasteiger partial charge in [0.1, 0.15) is 5.75 Å². The summed E-state index contributed by atoms with van der Waals surface area (Å²) in [6, 6.07) is 16.2. The maximum absolute atomic E-state index is 12.0. The molecule has 2 aromatic carbocycles. The molecule has 0 amide bonds. The van der Waals surface area contributed by atoms with Crippen LogP contribution in [-0.2, 0) is 0 Å². The van der Waals surface area contributed by atoms with Crippen LogP contribution in [0.2, 0.25) is 0 Å². The molecule has 23 heavy (non-hydrogen) atoms. The Balaban J connectivity index is 1.65. The number of benzene rings is 2. The lowest BCUT2D eigenvalue weighted by molar-refractivity contribution is 0.0735. The van der Waals surface area contributed by atoms with Crippen LogP contribution in [0.15, 0.2) is 73.2 Å². The Labute approximate surface area is 134 Å². The van der Waals surface area contributed by atoms with Crippen LogP contribution >= 0.6 is 0 Å². The van der Waals surface area contributed by atoms with E-state index in [2.05, 4.69) is 9.97 Å². The Morgan fingerprint density at radius 3 is 2.39 bits per heavy atom. The van der Waals surface area contributed by atoms with E-state index in [1.807, 2.05) is 30.4 Å². The second-order valence-electron chi connectivity index (χ2n) is 4.79. The van der Waals surface area contributed by atoms with Gasteiger partial charge in [0, 0.05) is 12.4 Å². The van der Waals surface area contributed by atoms with E-state index in [0.717, 1.165) is 11.3 Å². The van der Waals surface area contributed by atoms with Gasteiger partial charge in [-0.1, -0.05) is 36.4 Å². The van der Waals surface area contributed by atoms with E-state index in [1.165, 1.54) is 0 Å². The third kappa shape index (κ3) is 4.11. The lowest BCUT2D eigenvalue weighted by atomic mass is 10.2. The highest BCUT2D eigenvalue weighted by atomic mass is 16.5. The average Bonchev–Trinajstić information content (AvgIpc) is 2.63. The molecule has 1 aromatic heterocycles. The van der Waals surface area contributed by atoms with Gasteiger partial charge in [-0.15, -0.1) is 0 Å². The number of esters is 1. The van der Waals surface area contributed by atoms with Crippen molar-refractivity contribution in [2.45, 2.75) is 0 Å². The fraction of sp³-hybridized carbons (Fsp3) is 0. The van der Waals surface area contributed by atoms with Crippen LogP contribution in [0.4, 0.5) is 0 Å². The van der Waals surface area contributed by atoms with Crippen molar-refractivity contribution in [2.24, 2.45) is 0 Å². The van der Waals surface area contributed by atoms with Crippen molar-refractivity contribution in [3.63, 3.8) is 0 Å². The minimum Gasteiger partial charge on any atom is -0.423 e. The van der Waals surface area contributed by atoms with E-state index in [0.29, 0.717) is 11.3 Å². The van der Waals surface area contributed by atoms with Crippen LogP contribution in [0.25, 0.3) is 12.2 Å². The number of hydrogen-bond acceptors (Lipinski definition) is 4. The van der Waals surface area contributed by atoms with Crippen LogP contribution in [0.1, 0.15) is 21.6 Å². The van der Waals surface area contributed by atoms with Crippen LogP contribution in [0, 0.1) is 0 Å². The number of rotatable bonds is 4. The number of carbonyl (C=O) groups excluding carboxylic acids is 1. The van der Waals surface area contributed by atoms with E-state index in [9.17, 15) is 4.79 Å². The van der Waals surface area contributed by atoms with Crippen molar-refractivity contribution >= 4 is 18.1 Å². The van der Waals surface area contributed by atoms with Gasteiger partial charge < -0.3 is 4.74 Å². The lowest BCUT2D eigenvalue weighted by Crippen LogP contribution is -2.07. The van der Waals surface area contributed by atoms with Gasteiger partial charge in [0.25, 0.3) is 0 Å². The molecule has 0 bridgehead atoms. The van der Waals surface area contributed by atoms with Crippen molar-refractivity contribution in [1.29, 1.82) is 0 Å². The zero-order valence-electron chi connectivity index (χ0n) is 12.3. The Bertz CT molecular complexity index is 798. The molecule has 0 aliphatic carbocycles. The van der Waals surface area contributed by atoms with Crippen molar-refractivity contribution in [3.8, 4) is 5.75 Å². The topological polar surface area (TPSA) is 52.1 Å².